The van der Waals surface area contributed by atoms with E-state index in [4.69, 9.17) is 4.74 Å². The number of allylic oxidation sites excluding steroid dienone is 2. The van der Waals surface area contributed by atoms with Gasteiger partial charge in [-0.2, -0.15) is 0 Å². The molecule has 1 aromatic heterocycles. The molecule has 1 aliphatic rings. The number of methoxy groups -OCH3 is 1. The summed E-state index contributed by atoms with van der Waals surface area (Å²) in [6.07, 6.45) is 7.72. The van der Waals surface area contributed by atoms with E-state index in [1.54, 1.807) is 13.3 Å². The van der Waals surface area contributed by atoms with Crippen LogP contribution in [0.4, 0.5) is 0 Å². The molecule has 3 aromatic rings. The Kier molecular flexibility index (Phi) is 4.66. The summed E-state index contributed by atoms with van der Waals surface area (Å²) in [6.45, 7) is 0.759. The number of fused-ring (bicyclic) bond motifs is 1. The third kappa shape index (κ3) is 3.44. The highest BCUT2D eigenvalue weighted by Gasteiger charge is 2.21. The number of nitrogens with one attached hydrogen (secondary N) is 2. The number of ether oxygens (including phenoxy) is 1. The minimum absolute atomic E-state index is 0.181. The number of aromatic hydroxyl groups is 1. The number of aromatic nitrogens is 1. The molecule has 5 heteroatoms. The Bertz CT molecular complexity index is 1030. The molecule has 0 fully saturated rings. The molecule has 0 spiro atoms. The van der Waals surface area contributed by atoms with Crippen molar-refractivity contribution in [1.82, 2.24) is 15.6 Å². The van der Waals surface area contributed by atoms with Crippen LogP contribution >= 0.6 is 0 Å². The Labute approximate surface area is 158 Å². The van der Waals surface area contributed by atoms with Crippen LogP contribution in [0.1, 0.15) is 17.2 Å². The number of hydrogen-bond acceptors (Lipinski definition) is 5. The van der Waals surface area contributed by atoms with E-state index in [1.807, 2.05) is 66.8 Å². The summed E-state index contributed by atoms with van der Waals surface area (Å²) in [5.41, 5.74) is 2.33. The van der Waals surface area contributed by atoms with Crippen molar-refractivity contribution in [3.05, 3.63) is 89.9 Å². The third-order valence-corrected chi connectivity index (χ3v) is 4.63. The first-order chi connectivity index (χ1) is 13.3. The zero-order valence-corrected chi connectivity index (χ0v) is 15.0. The van der Waals surface area contributed by atoms with Gasteiger partial charge in [-0.1, -0.05) is 42.5 Å². The molecular weight excluding hydrogens is 338 g/mol. The van der Waals surface area contributed by atoms with Gasteiger partial charge in [-0.15, -0.1) is 0 Å². The number of pyridine rings is 1. The van der Waals surface area contributed by atoms with Crippen LogP contribution in [0.5, 0.6) is 11.5 Å². The Morgan fingerprint density at radius 1 is 1.19 bits per heavy atom. The zero-order valence-electron chi connectivity index (χ0n) is 15.0. The third-order valence-electron chi connectivity index (χ3n) is 4.63. The standard InChI is InChI=1S/C22H21N3O2/c1-27-17-8-4-6-16(14-17)20(25-19-9-2-3-12-23-19)18-11-10-15-7-5-13-24-21(15)22(18)26/h2-11,13-14,20,23,25-26H,12H2,1H3. The maximum Gasteiger partial charge on any atom is 0.147 e. The van der Waals surface area contributed by atoms with Crippen LogP contribution in [-0.4, -0.2) is 23.7 Å². The normalized spacial score (nSPS) is 14.3. The fourth-order valence-electron chi connectivity index (χ4n) is 3.25. The topological polar surface area (TPSA) is 66.4 Å². The lowest BCUT2D eigenvalue weighted by Gasteiger charge is -2.25. The number of phenolic OH excluding ortho intramolecular Hbond substituents is 1. The predicted octanol–water partition coefficient (Wildman–Crippen LogP) is 3.63. The molecule has 4 rings (SSSR count). The highest BCUT2D eigenvalue weighted by Crippen LogP contribution is 2.35. The van der Waals surface area contributed by atoms with Gasteiger partial charge in [-0.05, 0) is 29.8 Å². The first-order valence-corrected chi connectivity index (χ1v) is 8.84. The Morgan fingerprint density at radius 2 is 2.11 bits per heavy atom. The molecule has 0 radical (unpaired) electrons. The molecule has 0 saturated heterocycles. The lowest BCUT2D eigenvalue weighted by Crippen LogP contribution is -2.31. The molecule has 0 bridgehead atoms. The Morgan fingerprint density at radius 3 is 2.93 bits per heavy atom. The number of dihydropyridines is 1. The summed E-state index contributed by atoms with van der Waals surface area (Å²) < 4.78 is 5.39. The van der Waals surface area contributed by atoms with E-state index in [1.165, 1.54) is 0 Å². The summed E-state index contributed by atoms with van der Waals surface area (Å²) in [5, 5.41) is 18.7. The van der Waals surface area contributed by atoms with E-state index in [0.29, 0.717) is 5.52 Å². The summed E-state index contributed by atoms with van der Waals surface area (Å²) in [5.74, 6) is 1.84. The average molecular weight is 359 g/mol. The molecule has 5 nitrogen and oxygen atoms in total. The molecule has 0 aliphatic carbocycles. The summed E-state index contributed by atoms with van der Waals surface area (Å²) in [7, 11) is 1.65. The van der Waals surface area contributed by atoms with Crippen molar-refractivity contribution in [2.45, 2.75) is 6.04 Å². The molecule has 1 unspecified atom stereocenters. The van der Waals surface area contributed by atoms with Gasteiger partial charge in [0, 0.05) is 23.7 Å². The molecule has 27 heavy (non-hydrogen) atoms. The van der Waals surface area contributed by atoms with Crippen LogP contribution in [-0.2, 0) is 0 Å². The molecule has 1 atom stereocenters. The highest BCUT2D eigenvalue weighted by molar-refractivity contribution is 5.85. The number of nitrogens with zero attached hydrogens (tertiary/aromatic N) is 1. The second-order valence-corrected chi connectivity index (χ2v) is 6.32. The van der Waals surface area contributed by atoms with Gasteiger partial charge in [0.25, 0.3) is 0 Å². The van der Waals surface area contributed by atoms with Gasteiger partial charge in [0.1, 0.15) is 17.0 Å². The zero-order chi connectivity index (χ0) is 18.6. The van der Waals surface area contributed by atoms with E-state index in [0.717, 1.165) is 34.6 Å². The van der Waals surface area contributed by atoms with Crippen molar-refractivity contribution >= 4 is 10.9 Å². The summed E-state index contributed by atoms with van der Waals surface area (Å²) in [6, 6.07) is 15.3. The minimum atomic E-state index is -0.267. The predicted molar refractivity (Wildman–Crippen MR) is 107 cm³/mol. The van der Waals surface area contributed by atoms with E-state index in [9.17, 15) is 5.11 Å². The lowest BCUT2D eigenvalue weighted by atomic mass is 9.96. The van der Waals surface area contributed by atoms with Gasteiger partial charge in [-0.25, -0.2) is 0 Å². The second-order valence-electron chi connectivity index (χ2n) is 6.32. The first-order valence-electron chi connectivity index (χ1n) is 8.84. The number of hydrogen-bond donors (Lipinski definition) is 3. The number of phenols is 1. The maximum absolute atomic E-state index is 10.9. The average Bonchev–Trinajstić information content (AvgIpc) is 2.74. The monoisotopic (exact) mass is 359 g/mol. The van der Waals surface area contributed by atoms with Gasteiger partial charge in [0.2, 0.25) is 0 Å². The van der Waals surface area contributed by atoms with Gasteiger partial charge in [0.15, 0.2) is 0 Å². The molecule has 1 aliphatic heterocycles. The largest absolute Gasteiger partial charge is 0.505 e. The van der Waals surface area contributed by atoms with Gasteiger partial charge < -0.3 is 20.5 Å². The van der Waals surface area contributed by atoms with Crippen molar-refractivity contribution < 1.29 is 9.84 Å². The molecule has 136 valence electrons. The lowest BCUT2D eigenvalue weighted by molar-refractivity contribution is 0.413. The Hall–Kier alpha value is -3.47. The van der Waals surface area contributed by atoms with Crippen LogP contribution in [0.3, 0.4) is 0 Å². The van der Waals surface area contributed by atoms with Crippen molar-refractivity contribution in [2.75, 3.05) is 13.7 Å². The van der Waals surface area contributed by atoms with E-state index in [-0.39, 0.29) is 11.8 Å². The van der Waals surface area contributed by atoms with Crippen molar-refractivity contribution in [1.29, 1.82) is 0 Å². The molecule has 0 amide bonds. The smallest absolute Gasteiger partial charge is 0.147 e. The fourth-order valence-corrected chi connectivity index (χ4v) is 3.25. The van der Waals surface area contributed by atoms with Crippen LogP contribution < -0.4 is 15.4 Å². The van der Waals surface area contributed by atoms with Crippen LogP contribution in [0.15, 0.2) is 78.8 Å². The van der Waals surface area contributed by atoms with Crippen LogP contribution in [0, 0.1) is 0 Å². The molecule has 2 heterocycles. The Balaban J connectivity index is 1.83. The van der Waals surface area contributed by atoms with Crippen LogP contribution in [0.25, 0.3) is 10.9 Å². The molecule has 2 aromatic carbocycles. The number of benzene rings is 2. The maximum atomic E-state index is 10.9. The second kappa shape index (κ2) is 7.41. The van der Waals surface area contributed by atoms with E-state index >= 15 is 0 Å². The first kappa shape index (κ1) is 17.0. The summed E-state index contributed by atoms with van der Waals surface area (Å²) in [4.78, 5) is 4.35. The van der Waals surface area contributed by atoms with Crippen molar-refractivity contribution in [3.8, 4) is 11.5 Å². The van der Waals surface area contributed by atoms with Gasteiger partial charge in [-0.3, -0.25) is 4.98 Å². The van der Waals surface area contributed by atoms with E-state index < -0.39 is 0 Å². The van der Waals surface area contributed by atoms with Crippen molar-refractivity contribution in [2.24, 2.45) is 0 Å². The summed E-state index contributed by atoms with van der Waals surface area (Å²) >= 11 is 0. The molecule has 0 saturated carbocycles. The quantitative estimate of drug-likeness (QED) is 0.649. The van der Waals surface area contributed by atoms with Crippen LogP contribution in [0.2, 0.25) is 0 Å². The molecule has 3 N–H and O–H groups in total. The SMILES string of the molecule is COc1cccc(C(NC2=CC=CCN2)c2ccc3cccnc3c2O)c1. The fraction of sp³-hybridized carbons (Fsp3) is 0.136. The highest BCUT2D eigenvalue weighted by atomic mass is 16.5. The van der Waals surface area contributed by atoms with E-state index in [2.05, 4.69) is 15.6 Å². The van der Waals surface area contributed by atoms with Gasteiger partial charge >= 0.3 is 0 Å². The minimum Gasteiger partial charge on any atom is -0.505 e. The number of rotatable bonds is 5. The molecular formula is C22H21N3O2. The van der Waals surface area contributed by atoms with Gasteiger partial charge in [0.05, 0.1) is 19.0 Å². The van der Waals surface area contributed by atoms with Crippen molar-refractivity contribution in [3.63, 3.8) is 0 Å².